The first kappa shape index (κ1) is 33.2. The fourth-order valence-corrected chi connectivity index (χ4v) is 4.67. The Morgan fingerprint density at radius 3 is 2.12 bits per heavy atom. The molecule has 1 N–H and O–H groups in total. The lowest BCUT2D eigenvalue weighted by Crippen LogP contribution is -2.43. The first-order chi connectivity index (χ1) is 18.3. The summed E-state index contributed by atoms with van der Waals surface area (Å²) in [6.45, 7) is 8.87. The molecule has 0 spiro atoms. The molecule has 220 valence electrons. The normalized spacial score (nSPS) is 11.8. The number of amides is 1. The zero-order valence-electron chi connectivity index (χ0n) is 23.2. The molecule has 0 aliphatic carbocycles. The minimum atomic E-state index is -3.65. The standard InChI is InChI=1S/C15H23NO.C11H10Cl2F2N4O3S/c1-12(2)16(14(17)15(3,4)5)11-13-9-7-6-8-10-13;1-5-16-19(11(20)18(5)10(14)15)9-4-8(17-23(2,21)22)6(12)3-7(9)13/h6-10,12H,11H2,1-5H3;3-4,10,17H,1-2H3. The van der Waals surface area contributed by atoms with Gasteiger partial charge in [0.25, 0.3) is 0 Å². The van der Waals surface area contributed by atoms with Gasteiger partial charge in [0.15, 0.2) is 0 Å². The molecule has 1 heterocycles. The second-order valence-electron chi connectivity index (χ2n) is 10.3. The zero-order valence-corrected chi connectivity index (χ0v) is 25.6. The summed E-state index contributed by atoms with van der Waals surface area (Å²) >= 11 is 11.8. The second kappa shape index (κ2) is 13.1. The number of aryl methyl sites for hydroxylation is 1. The molecule has 0 aliphatic heterocycles. The van der Waals surface area contributed by atoms with Crippen molar-refractivity contribution >= 4 is 44.8 Å². The Kier molecular flexibility index (Phi) is 10.9. The van der Waals surface area contributed by atoms with Crippen LogP contribution in [-0.4, -0.2) is 45.9 Å². The van der Waals surface area contributed by atoms with Crippen LogP contribution in [-0.2, 0) is 21.4 Å². The highest BCUT2D eigenvalue weighted by molar-refractivity contribution is 7.92. The molecular weight excluding hydrogens is 587 g/mol. The van der Waals surface area contributed by atoms with Crippen LogP contribution >= 0.6 is 23.2 Å². The van der Waals surface area contributed by atoms with Crippen LogP contribution < -0.4 is 10.4 Å². The summed E-state index contributed by atoms with van der Waals surface area (Å²) in [6, 6.07) is 12.7. The van der Waals surface area contributed by atoms with Crippen molar-refractivity contribution in [3.63, 3.8) is 0 Å². The lowest BCUT2D eigenvalue weighted by Gasteiger charge is -2.32. The van der Waals surface area contributed by atoms with E-state index in [1.165, 1.54) is 18.6 Å². The molecule has 0 atom stereocenters. The highest BCUT2D eigenvalue weighted by Gasteiger charge is 2.28. The predicted molar refractivity (Wildman–Crippen MR) is 154 cm³/mol. The fraction of sp³-hybridized carbons (Fsp3) is 0.423. The van der Waals surface area contributed by atoms with E-state index >= 15 is 0 Å². The quantitative estimate of drug-likeness (QED) is 0.355. The Morgan fingerprint density at radius 2 is 1.68 bits per heavy atom. The van der Waals surface area contributed by atoms with Crippen LogP contribution in [0.1, 0.15) is 52.6 Å². The van der Waals surface area contributed by atoms with Crippen molar-refractivity contribution in [2.24, 2.45) is 5.41 Å². The molecule has 1 amide bonds. The number of benzene rings is 2. The Balaban J connectivity index is 0.000000294. The molecule has 0 unspecified atom stereocenters. The summed E-state index contributed by atoms with van der Waals surface area (Å²) < 4.78 is 51.3. The Labute approximate surface area is 242 Å². The van der Waals surface area contributed by atoms with Crippen LogP contribution in [0.4, 0.5) is 14.5 Å². The summed E-state index contributed by atoms with van der Waals surface area (Å²) in [5.41, 5.74) is -0.413. The van der Waals surface area contributed by atoms with Crippen molar-refractivity contribution in [2.75, 3.05) is 11.0 Å². The van der Waals surface area contributed by atoms with E-state index in [9.17, 15) is 26.8 Å². The van der Waals surface area contributed by atoms with Crippen molar-refractivity contribution in [3.8, 4) is 5.69 Å². The monoisotopic (exact) mass is 619 g/mol. The van der Waals surface area contributed by atoms with Crippen LogP contribution in [0.25, 0.3) is 5.69 Å². The maximum absolute atomic E-state index is 12.8. The third kappa shape index (κ3) is 8.77. The molecule has 0 aliphatic rings. The molecule has 2 aromatic carbocycles. The van der Waals surface area contributed by atoms with Crippen LogP contribution in [0.3, 0.4) is 0 Å². The number of hydrogen-bond donors (Lipinski definition) is 1. The molecule has 14 heteroatoms. The number of hydrogen-bond acceptors (Lipinski definition) is 5. The van der Waals surface area contributed by atoms with Gasteiger partial charge in [-0.15, -0.1) is 5.10 Å². The number of aromatic nitrogens is 3. The average molecular weight is 621 g/mol. The van der Waals surface area contributed by atoms with Crippen molar-refractivity contribution in [1.29, 1.82) is 0 Å². The van der Waals surface area contributed by atoms with Crippen LogP contribution in [0.2, 0.25) is 10.0 Å². The fourth-order valence-electron chi connectivity index (χ4n) is 3.54. The van der Waals surface area contributed by atoms with Gasteiger partial charge >= 0.3 is 12.2 Å². The Bertz CT molecular complexity index is 1500. The van der Waals surface area contributed by atoms with Gasteiger partial charge in [-0.05, 0) is 38.5 Å². The van der Waals surface area contributed by atoms with Gasteiger partial charge in [-0.2, -0.15) is 13.5 Å². The van der Waals surface area contributed by atoms with Crippen LogP contribution in [0.15, 0.2) is 47.3 Å². The van der Waals surface area contributed by atoms with Crippen LogP contribution in [0, 0.1) is 12.3 Å². The van der Waals surface area contributed by atoms with Crippen LogP contribution in [0.5, 0.6) is 0 Å². The van der Waals surface area contributed by atoms with E-state index in [2.05, 4.69) is 35.8 Å². The van der Waals surface area contributed by atoms with E-state index < -0.39 is 22.3 Å². The molecule has 0 saturated heterocycles. The number of nitrogens with zero attached hydrogens (tertiary/aromatic N) is 4. The highest BCUT2D eigenvalue weighted by Crippen LogP contribution is 2.31. The summed E-state index contributed by atoms with van der Waals surface area (Å²) in [5, 5.41) is 3.63. The molecule has 3 aromatic rings. The van der Waals surface area contributed by atoms with Gasteiger partial charge in [-0.1, -0.05) is 74.3 Å². The van der Waals surface area contributed by atoms with Crippen molar-refractivity contribution in [1.82, 2.24) is 19.2 Å². The molecule has 1 aromatic heterocycles. The Hall–Kier alpha value is -2.96. The van der Waals surface area contributed by atoms with E-state index in [0.29, 0.717) is 11.2 Å². The largest absolute Gasteiger partial charge is 0.355 e. The van der Waals surface area contributed by atoms with E-state index in [1.54, 1.807) is 0 Å². The van der Waals surface area contributed by atoms with Crippen molar-refractivity contribution < 1.29 is 22.0 Å². The highest BCUT2D eigenvalue weighted by atomic mass is 35.5. The molecular formula is C26H33Cl2F2N5O4S. The summed E-state index contributed by atoms with van der Waals surface area (Å²) in [6.07, 6.45) is 0.902. The van der Waals surface area contributed by atoms with Gasteiger partial charge < -0.3 is 4.90 Å². The number of sulfonamides is 1. The van der Waals surface area contributed by atoms with Gasteiger partial charge in [0.05, 0.1) is 27.7 Å². The molecule has 3 rings (SSSR count). The SMILES string of the molecule is CC(C)N(Cc1ccccc1)C(=O)C(C)(C)C.Cc1nn(-c2cc(NS(C)(=O)=O)c(Cl)cc2Cl)c(=O)n1C(F)F. The third-order valence-corrected chi connectivity index (χ3v) is 6.66. The van der Waals surface area contributed by atoms with E-state index in [0.717, 1.165) is 12.3 Å². The van der Waals surface area contributed by atoms with E-state index in [4.69, 9.17) is 23.2 Å². The summed E-state index contributed by atoms with van der Waals surface area (Å²) in [5.74, 6) is -0.0232. The predicted octanol–water partition coefficient (Wildman–Crippen LogP) is 5.89. The zero-order chi connectivity index (χ0) is 30.6. The topological polar surface area (TPSA) is 106 Å². The average Bonchev–Trinajstić information content (AvgIpc) is 3.12. The molecule has 0 bridgehead atoms. The maximum atomic E-state index is 12.8. The molecule has 40 heavy (non-hydrogen) atoms. The number of anilines is 1. The molecule has 9 nitrogen and oxygen atoms in total. The Morgan fingerprint density at radius 1 is 1.10 bits per heavy atom. The van der Waals surface area contributed by atoms with Gasteiger partial charge in [0.2, 0.25) is 15.9 Å². The lowest BCUT2D eigenvalue weighted by molar-refractivity contribution is -0.142. The summed E-state index contributed by atoms with van der Waals surface area (Å²) in [4.78, 5) is 26.3. The van der Waals surface area contributed by atoms with Crippen molar-refractivity contribution in [3.05, 3.63) is 74.4 Å². The third-order valence-electron chi connectivity index (χ3n) is 5.46. The first-order valence-electron chi connectivity index (χ1n) is 12.1. The smallest absolute Gasteiger partial charge is 0.335 e. The van der Waals surface area contributed by atoms with Gasteiger partial charge in [-0.3, -0.25) is 9.52 Å². The van der Waals surface area contributed by atoms with Gasteiger partial charge in [0.1, 0.15) is 5.82 Å². The molecule has 0 saturated carbocycles. The maximum Gasteiger partial charge on any atom is 0.355 e. The minimum absolute atomic E-state index is 0.0257. The van der Waals surface area contributed by atoms with Crippen molar-refractivity contribution in [2.45, 2.75) is 60.7 Å². The minimum Gasteiger partial charge on any atom is -0.335 e. The summed E-state index contributed by atoms with van der Waals surface area (Å²) in [7, 11) is -3.65. The lowest BCUT2D eigenvalue weighted by atomic mass is 9.93. The first-order valence-corrected chi connectivity index (χ1v) is 14.8. The van der Waals surface area contributed by atoms with E-state index in [-0.39, 0.29) is 49.2 Å². The number of nitrogens with one attached hydrogen (secondary N) is 1. The number of rotatable bonds is 7. The molecule has 0 fully saturated rings. The number of halogens is 4. The van der Waals surface area contributed by atoms with Gasteiger partial charge in [0, 0.05) is 18.0 Å². The number of carbonyl (C=O) groups excluding carboxylic acids is 1. The van der Waals surface area contributed by atoms with Gasteiger partial charge in [-0.25, -0.2) is 17.8 Å². The number of alkyl halides is 2. The van der Waals surface area contributed by atoms with E-state index in [1.807, 2.05) is 43.9 Å². The molecule has 0 radical (unpaired) electrons. The second-order valence-corrected chi connectivity index (χ2v) is 12.9. The number of carbonyl (C=O) groups is 1.